The molecule has 0 spiro atoms. The Balaban J connectivity index is 1.72. The normalized spacial score (nSPS) is 16.5. The second kappa shape index (κ2) is 6.66. The van der Waals surface area contributed by atoms with Crippen LogP contribution in [0.1, 0.15) is 19.3 Å². The first-order chi connectivity index (χ1) is 8.25. The zero-order valence-corrected chi connectivity index (χ0v) is 12.4. The Morgan fingerprint density at radius 3 is 2.82 bits per heavy atom. The molecule has 1 heterocycles. The maximum atomic E-state index is 5.94. The third kappa shape index (κ3) is 4.19. The Morgan fingerprint density at radius 1 is 1.29 bits per heavy atom. The smallest absolute Gasteiger partial charge is 0.0453 e. The van der Waals surface area contributed by atoms with Crippen molar-refractivity contribution in [2.45, 2.75) is 24.2 Å². The highest BCUT2D eigenvalue weighted by atomic mass is 79.9. The molecule has 2 rings (SSSR count). The van der Waals surface area contributed by atoms with Crippen LogP contribution in [0, 0.1) is 0 Å². The Labute approximate surface area is 116 Å². The van der Waals surface area contributed by atoms with Gasteiger partial charge in [0.1, 0.15) is 0 Å². The minimum atomic E-state index is 0.888. The number of nitrogen functional groups attached to an aromatic ring is 1. The largest absolute Gasteiger partial charge is 0.398 e. The van der Waals surface area contributed by atoms with Gasteiger partial charge in [0, 0.05) is 15.1 Å². The molecular weight excluding hydrogens is 296 g/mol. The van der Waals surface area contributed by atoms with Crippen LogP contribution >= 0.6 is 27.7 Å². The van der Waals surface area contributed by atoms with Crippen molar-refractivity contribution < 1.29 is 0 Å². The molecule has 0 atom stereocenters. The van der Waals surface area contributed by atoms with E-state index in [1.807, 2.05) is 23.9 Å². The summed E-state index contributed by atoms with van der Waals surface area (Å²) in [6, 6.07) is 6.06. The minimum Gasteiger partial charge on any atom is -0.398 e. The summed E-state index contributed by atoms with van der Waals surface area (Å²) in [6.45, 7) is 3.83. The van der Waals surface area contributed by atoms with Crippen LogP contribution in [-0.2, 0) is 0 Å². The third-order valence-corrected chi connectivity index (χ3v) is 4.70. The van der Waals surface area contributed by atoms with Gasteiger partial charge >= 0.3 is 0 Å². The van der Waals surface area contributed by atoms with Crippen LogP contribution in [-0.4, -0.2) is 30.3 Å². The van der Waals surface area contributed by atoms with Gasteiger partial charge in [0.2, 0.25) is 0 Å². The van der Waals surface area contributed by atoms with Crippen LogP contribution in [0.3, 0.4) is 0 Å². The lowest BCUT2D eigenvalue weighted by atomic mass is 10.3. The lowest BCUT2D eigenvalue weighted by Gasteiger charge is -2.14. The highest BCUT2D eigenvalue weighted by molar-refractivity contribution is 9.10. The molecule has 1 fully saturated rings. The van der Waals surface area contributed by atoms with E-state index in [2.05, 4.69) is 26.9 Å². The SMILES string of the molecule is Nc1ccc(Br)cc1SCCCN1CCCC1. The van der Waals surface area contributed by atoms with Crippen molar-refractivity contribution in [3.63, 3.8) is 0 Å². The number of likely N-dealkylation sites (tertiary alicyclic amines) is 1. The molecule has 0 radical (unpaired) electrons. The summed E-state index contributed by atoms with van der Waals surface area (Å²) in [5.74, 6) is 1.15. The molecule has 1 saturated heterocycles. The monoisotopic (exact) mass is 314 g/mol. The van der Waals surface area contributed by atoms with Crippen LogP contribution in [0.5, 0.6) is 0 Å². The maximum Gasteiger partial charge on any atom is 0.0453 e. The van der Waals surface area contributed by atoms with Crippen LogP contribution in [0.2, 0.25) is 0 Å². The summed E-state index contributed by atoms with van der Waals surface area (Å²) in [4.78, 5) is 3.76. The number of nitrogens with zero attached hydrogens (tertiary/aromatic N) is 1. The summed E-state index contributed by atoms with van der Waals surface area (Å²) in [7, 11) is 0. The van der Waals surface area contributed by atoms with Gasteiger partial charge in [-0.25, -0.2) is 0 Å². The molecule has 0 amide bonds. The van der Waals surface area contributed by atoms with Gasteiger partial charge in [-0.2, -0.15) is 0 Å². The van der Waals surface area contributed by atoms with Gasteiger partial charge < -0.3 is 10.6 Å². The summed E-state index contributed by atoms with van der Waals surface area (Å²) >= 11 is 5.34. The molecule has 1 aliphatic heterocycles. The third-order valence-electron chi connectivity index (χ3n) is 3.05. The molecule has 1 aromatic rings. The Bertz CT molecular complexity index is 364. The number of rotatable bonds is 5. The zero-order chi connectivity index (χ0) is 12.1. The number of anilines is 1. The quantitative estimate of drug-likeness (QED) is 0.511. The van der Waals surface area contributed by atoms with E-state index in [-0.39, 0.29) is 0 Å². The number of hydrogen-bond acceptors (Lipinski definition) is 3. The molecule has 0 aromatic heterocycles. The average molecular weight is 315 g/mol. The standard InChI is InChI=1S/C13H19BrN2S/c14-11-4-5-12(15)13(10-11)17-9-3-8-16-6-1-2-7-16/h4-5,10H,1-3,6-9,15H2. The topological polar surface area (TPSA) is 29.3 Å². The van der Waals surface area contributed by atoms with E-state index >= 15 is 0 Å². The summed E-state index contributed by atoms with van der Waals surface area (Å²) in [5.41, 5.74) is 6.83. The van der Waals surface area contributed by atoms with Gasteiger partial charge in [-0.3, -0.25) is 0 Å². The highest BCUT2D eigenvalue weighted by Gasteiger charge is 2.10. The molecule has 1 aliphatic rings. The van der Waals surface area contributed by atoms with Crippen LogP contribution < -0.4 is 5.73 Å². The van der Waals surface area contributed by atoms with Gasteiger partial charge in [0.15, 0.2) is 0 Å². The Kier molecular flexibility index (Phi) is 5.19. The van der Waals surface area contributed by atoms with Gasteiger partial charge in [-0.15, -0.1) is 11.8 Å². The maximum absolute atomic E-state index is 5.94. The Morgan fingerprint density at radius 2 is 2.06 bits per heavy atom. The van der Waals surface area contributed by atoms with E-state index in [1.54, 1.807) is 0 Å². The van der Waals surface area contributed by atoms with Crippen LogP contribution in [0.4, 0.5) is 5.69 Å². The van der Waals surface area contributed by atoms with Crippen molar-refractivity contribution >= 4 is 33.4 Å². The first kappa shape index (κ1) is 13.2. The second-order valence-electron chi connectivity index (χ2n) is 4.43. The number of nitrogens with two attached hydrogens (primary N) is 1. The van der Waals surface area contributed by atoms with Crippen molar-refractivity contribution in [3.05, 3.63) is 22.7 Å². The molecule has 4 heteroatoms. The molecule has 0 aliphatic carbocycles. The molecule has 2 nitrogen and oxygen atoms in total. The van der Waals surface area contributed by atoms with Crippen molar-refractivity contribution in [2.75, 3.05) is 31.1 Å². The molecule has 0 bridgehead atoms. The fourth-order valence-corrected chi connectivity index (χ4v) is 3.56. The lowest BCUT2D eigenvalue weighted by molar-refractivity contribution is 0.341. The average Bonchev–Trinajstić information content (AvgIpc) is 2.82. The van der Waals surface area contributed by atoms with E-state index in [0.717, 1.165) is 15.9 Å². The van der Waals surface area contributed by atoms with E-state index < -0.39 is 0 Å². The van der Waals surface area contributed by atoms with Gasteiger partial charge in [-0.05, 0) is 62.8 Å². The molecule has 94 valence electrons. The van der Waals surface area contributed by atoms with Crippen LogP contribution in [0.25, 0.3) is 0 Å². The number of thioether (sulfide) groups is 1. The van der Waals surface area contributed by atoms with E-state index in [0.29, 0.717) is 0 Å². The highest BCUT2D eigenvalue weighted by Crippen LogP contribution is 2.28. The second-order valence-corrected chi connectivity index (χ2v) is 6.49. The number of halogens is 1. The first-order valence-corrected chi connectivity index (χ1v) is 7.94. The predicted molar refractivity (Wildman–Crippen MR) is 79.6 cm³/mol. The Hall–Kier alpha value is -0.190. The summed E-state index contributed by atoms with van der Waals surface area (Å²) < 4.78 is 1.11. The summed E-state index contributed by atoms with van der Waals surface area (Å²) in [5, 5.41) is 0. The number of benzene rings is 1. The predicted octanol–water partition coefficient (Wildman–Crippen LogP) is 3.61. The molecule has 0 saturated carbocycles. The molecular formula is C13H19BrN2S. The number of hydrogen-bond donors (Lipinski definition) is 1. The van der Waals surface area contributed by atoms with Gasteiger partial charge in [-0.1, -0.05) is 15.9 Å². The van der Waals surface area contributed by atoms with Crippen LogP contribution in [0.15, 0.2) is 27.6 Å². The van der Waals surface area contributed by atoms with Gasteiger partial charge in [0.05, 0.1) is 0 Å². The zero-order valence-electron chi connectivity index (χ0n) is 9.99. The first-order valence-electron chi connectivity index (χ1n) is 6.16. The van der Waals surface area contributed by atoms with Crippen molar-refractivity contribution in [1.29, 1.82) is 0 Å². The molecule has 17 heavy (non-hydrogen) atoms. The van der Waals surface area contributed by atoms with Crippen molar-refractivity contribution in [1.82, 2.24) is 4.90 Å². The molecule has 0 unspecified atom stereocenters. The van der Waals surface area contributed by atoms with Crippen molar-refractivity contribution in [2.24, 2.45) is 0 Å². The minimum absolute atomic E-state index is 0.888. The molecule has 2 N–H and O–H groups in total. The summed E-state index contributed by atoms with van der Waals surface area (Å²) in [6.07, 6.45) is 4.01. The fourth-order valence-electron chi connectivity index (χ4n) is 2.11. The van der Waals surface area contributed by atoms with E-state index in [9.17, 15) is 0 Å². The van der Waals surface area contributed by atoms with Gasteiger partial charge in [0.25, 0.3) is 0 Å². The fraction of sp³-hybridized carbons (Fsp3) is 0.538. The molecule has 1 aromatic carbocycles. The van der Waals surface area contributed by atoms with Crippen molar-refractivity contribution in [3.8, 4) is 0 Å². The van der Waals surface area contributed by atoms with E-state index in [4.69, 9.17) is 5.73 Å². The lowest BCUT2D eigenvalue weighted by Crippen LogP contribution is -2.20. The van der Waals surface area contributed by atoms with E-state index in [1.165, 1.54) is 43.8 Å².